The van der Waals surface area contributed by atoms with Crippen molar-refractivity contribution in [1.82, 2.24) is 10.3 Å². The molecule has 5 nitrogen and oxygen atoms in total. The Morgan fingerprint density at radius 3 is 3.14 bits per heavy atom. The minimum Gasteiger partial charge on any atom is -0.376 e. The molecule has 1 aliphatic heterocycles. The number of rotatable bonds is 4. The Bertz CT molecular complexity index is 635. The van der Waals surface area contributed by atoms with Crippen molar-refractivity contribution in [3.8, 4) is 0 Å². The molecule has 0 aliphatic carbocycles. The van der Waals surface area contributed by atoms with Crippen molar-refractivity contribution in [1.29, 1.82) is 0 Å². The molecule has 1 atom stereocenters. The van der Waals surface area contributed by atoms with E-state index in [4.69, 9.17) is 9.47 Å². The zero-order chi connectivity index (χ0) is 14.7. The molecule has 3 rings (SSSR count). The topological polar surface area (TPSA) is 63.4 Å². The molecule has 2 heterocycles. The van der Waals surface area contributed by atoms with E-state index in [2.05, 4.69) is 10.3 Å². The maximum Gasteiger partial charge on any atom is 0.251 e. The van der Waals surface area contributed by atoms with Gasteiger partial charge in [-0.3, -0.25) is 4.79 Å². The lowest BCUT2D eigenvalue weighted by Crippen LogP contribution is -2.43. The van der Waals surface area contributed by atoms with Crippen LogP contribution in [0.1, 0.15) is 5.56 Å². The Morgan fingerprint density at radius 1 is 1.43 bits per heavy atom. The highest BCUT2D eigenvalue weighted by Gasteiger charge is 2.22. The molecule has 1 fully saturated rings. The Hall–Kier alpha value is -1.92. The van der Waals surface area contributed by atoms with Crippen molar-refractivity contribution in [3.05, 3.63) is 35.8 Å². The van der Waals surface area contributed by atoms with E-state index in [1.165, 1.54) is 12.1 Å². The van der Waals surface area contributed by atoms with Crippen molar-refractivity contribution < 1.29 is 18.7 Å². The predicted molar refractivity (Wildman–Crippen MR) is 75.5 cm³/mol. The van der Waals surface area contributed by atoms with Gasteiger partial charge in [-0.05, 0) is 30.2 Å². The first-order valence-corrected chi connectivity index (χ1v) is 6.96. The number of nitrogens with one attached hydrogen (secondary N) is 2. The number of fused-ring (bicyclic) bond motifs is 1. The molecule has 1 aliphatic rings. The lowest BCUT2D eigenvalue weighted by molar-refractivity contribution is -0.147. The number of H-pyrrole nitrogens is 1. The summed E-state index contributed by atoms with van der Waals surface area (Å²) in [5.74, 6) is -0.430. The van der Waals surface area contributed by atoms with Crippen LogP contribution >= 0.6 is 0 Å². The van der Waals surface area contributed by atoms with Gasteiger partial charge < -0.3 is 19.8 Å². The monoisotopic (exact) mass is 292 g/mol. The molecule has 0 bridgehead atoms. The lowest BCUT2D eigenvalue weighted by atomic mass is 10.1. The molecule has 112 valence electrons. The summed E-state index contributed by atoms with van der Waals surface area (Å²) >= 11 is 0. The van der Waals surface area contributed by atoms with Gasteiger partial charge in [0.1, 0.15) is 5.82 Å². The van der Waals surface area contributed by atoms with E-state index in [-0.39, 0.29) is 11.7 Å². The van der Waals surface area contributed by atoms with E-state index in [9.17, 15) is 9.18 Å². The summed E-state index contributed by atoms with van der Waals surface area (Å²) in [6.45, 7) is 1.75. The van der Waals surface area contributed by atoms with Crippen molar-refractivity contribution in [3.63, 3.8) is 0 Å². The Kier molecular flexibility index (Phi) is 4.17. The highest BCUT2D eigenvalue weighted by molar-refractivity contribution is 5.83. The molecule has 2 N–H and O–H groups in total. The first-order chi connectivity index (χ1) is 10.2. The SMILES string of the molecule is O=C(NCCc1c[nH]c2ccc(F)cc12)[C@H]1COCCO1. The van der Waals surface area contributed by atoms with Gasteiger partial charge in [0.15, 0.2) is 6.10 Å². The Balaban J connectivity index is 1.56. The predicted octanol–water partition coefficient (Wildman–Crippen LogP) is 1.38. The molecular weight excluding hydrogens is 275 g/mol. The van der Waals surface area contributed by atoms with Gasteiger partial charge in [0.25, 0.3) is 5.91 Å². The third-order valence-electron chi connectivity index (χ3n) is 3.53. The molecule has 1 aromatic heterocycles. The molecular formula is C15H17FN2O3. The van der Waals surface area contributed by atoms with Crippen molar-refractivity contribution in [2.24, 2.45) is 0 Å². The number of carbonyl (C=O) groups is 1. The second kappa shape index (κ2) is 6.24. The molecule has 0 saturated carbocycles. The van der Waals surface area contributed by atoms with Crippen molar-refractivity contribution >= 4 is 16.8 Å². The van der Waals surface area contributed by atoms with Crippen LogP contribution in [0.25, 0.3) is 10.9 Å². The van der Waals surface area contributed by atoms with Crippen molar-refractivity contribution in [2.45, 2.75) is 12.5 Å². The van der Waals surface area contributed by atoms with Gasteiger partial charge in [0, 0.05) is 23.6 Å². The minimum atomic E-state index is -0.529. The highest BCUT2D eigenvalue weighted by atomic mass is 19.1. The van der Waals surface area contributed by atoms with E-state index >= 15 is 0 Å². The highest BCUT2D eigenvalue weighted by Crippen LogP contribution is 2.19. The quantitative estimate of drug-likeness (QED) is 0.895. The summed E-state index contributed by atoms with van der Waals surface area (Å²) in [4.78, 5) is 15.0. The van der Waals surface area contributed by atoms with Crippen molar-refractivity contribution in [2.75, 3.05) is 26.4 Å². The first kappa shape index (κ1) is 14.0. The number of benzene rings is 1. The average Bonchev–Trinajstić information content (AvgIpc) is 2.90. The maximum atomic E-state index is 13.3. The summed E-state index contributed by atoms with van der Waals surface area (Å²) < 4.78 is 23.8. The van der Waals surface area contributed by atoms with E-state index in [1.807, 2.05) is 6.20 Å². The van der Waals surface area contributed by atoms with E-state index in [0.29, 0.717) is 32.8 Å². The Morgan fingerprint density at radius 2 is 2.33 bits per heavy atom. The summed E-state index contributed by atoms with van der Waals surface area (Å²) in [6.07, 6.45) is 1.94. The van der Waals surface area contributed by atoms with Crippen LogP contribution in [-0.4, -0.2) is 43.4 Å². The van der Waals surface area contributed by atoms with E-state index in [0.717, 1.165) is 16.5 Å². The van der Waals surface area contributed by atoms with Crippen LogP contribution in [0.4, 0.5) is 4.39 Å². The van der Waals surface area contributed by atoms with Gasteiger partial charge >= 0.3 is 0 Å². The third-order valence-corrected chi connectivity index (χ3v) is 3.53. The number of aromatic nitrogens is 1. The fraction of sp³-hybridized carbons (Fsp3) is 0.400. The molecule has 21 heavy (non-hydrogen) atoms. The minimum absolute atomic E-state index is 0.166. The van der Waals surface area contributed by atoms with Crippen LogP contribution in [0.3, 0.4) is 0 Å². The van der Waals surface area contributed by atoms with Gasteiger partial charge in [0.05, 0.1) is 19.8 Å². The van der Waals surface area contributed by atoms with Gasteiger partial charge in [-0.2, -0.15) is 0 Å². The van der Waals surface area contributed by atoms with Gasteiger partial charge in [-0.1, -0.05) is 0 Å². The number of hydrogen-bond acceptors (Lipinski definition) is 3. The van der Waals surface area contributed by atoms with Crippen LogP contribution in [0, 0.1) is 5.82 Å². The number of halogens is 1. The largest absolute Gasteiger partial charge is 0.376 e. The van der Waals surface area contributed by atoms with Crippen LogP contribution in [0.5, 0.6) is 0 Å². The smallest absolute Gasteiger partial charge is 0.251 e. The zero-order valence-electron chi connectivity index (χ0n) is 11.5. The number of carbonyl (C=O) groups excluding carboxylic acids is 1. The summed E-state index contributed by atoms with van der Waals surface area (Å²) in [7, 11) is 0. The maximum absolute atomic E-state index is 13.3. The van der Waals surface area contributed by atoms with E-state index < -0.39 is 6.10 Å². The number of ether oxygens (including phenoxy) is 2. The molecule has 0 spiro atoms. The number of hydrogen-bond donors (Lipinski definition) is 2. The second-order valence-corrected chi connectivity index (χ2v) is 4.98. The molecule has 6 heteroatoms. The zero-order valence-corrected chi connectivity index (χ0v) is 11.5. The molecule has 1 amide bonds. The third kappa shape index (κ3) is 3.22. The molecule has 2 aromatic rings. The number of amides is 1. The van der Waals surface area contributed by atoms with Gasteiger partial charge in [-0.15, -0.1) is 0 Å². The van der Waals surface area contributed by atoms with Crippen LogP contribution in [0.2, 0.25) is 0 Å². The Labute approximate surface area is 121 Å². The standard InChI is InChI=1S/C15H17FN2O3/c16-11-1-2-13-12(7-11)10(8-18-13)3-4-17-15(19)14-9-20-5-6-21-14/h1-2,7-8,14,18H,3-6,9H2,(H,17,19)/t14-/m1/s1. The molecule has 0 radical (unpaired) electrons. The fourth-order valence-corrected chi connectivity index (χ4v) is 2.43. The summed E-state index contributed by atoms with van der Waals surface area (Å²) in [5.41, 5.74) is 1.87. The summed E-state index contributed by atoms with van der Waals surface area (Å²) in [5, 5.41) is 3.67. The fourth-order valence-electron chi connectivity index (χ4n) is 2.43. The molecule has 1 saturated heterocycles. The van der Waals surface area contributed by atoms with Crippen LogP contribution in [0.15, 0.2) is 24.4 Å². The normalized spacial score (nSPS) is 18.8. The van der Waals surface area contributed by atoms with Gasteiger partial charge in [-0.25, -0.2) is 4.39 Å². The molecule has 0 unspecified atom stereocenters. The van der Waals surface area contributed by atoms with Crippen LogP contribution in [-0.2, 0) is 20.7 Å². The second-order valence-electron chi connectivity index (χ2n) is 4.98. The lowest BCUT2D eigenvalue weighted by Gasteiger charge is -2.21. The summed E-state index contributed by atoms with van der Waals surface area (Å²) in [6, 6.07) is 4.63. The number of aromatic amines is 1. The van der Waals surface area contributed by atoms with Crippen LogP contribution < -0.4 is 5.32 Å². The van der Waals surface area contributed by atoms with Gasteiger partial charge in [0.2, 0.25) is 0 Å². The molecule has 1 aromatic carbocycles. The van der Waals surface area contributed by atoms with E-state index in [1.54, 1.807) is 6.07 Å². The average molecular weight is 292 g/mol. The first-order valence-electron chi connectivity index (χ1n) is 6.96.